The Balaban J connectivity index is 2.25. The summed E-state index contributed by atoms with van der Waals surface area (Å²) < 4.78 is 27.2. The van der Waals surface area contributed by atoms with Gasteiger partial charge in [-0.2, -0.15) is 0 Å². The number of nitrogens with one attached hydrogen (secondary N) is 1. The monoisotopic (exact) mass is 355 g/mol. The molecule has 2 atom stereocenters. The maximum absolute atomic E-state index is 12.7. The van der Waals surface area contributed by atoms with E-state index in [0.717, 1.165) is 24.8 Å². The number of rotatable bonds is 5. The van der Waals surface area contributed by atoms with Gasteiger partial charge in [0, 0.05) is 31.9 Å². The Hall–Kier alpha value is -1.67. The van der Waals surface area contributed by atoms with E-state index >= 15 is 0 Å². The van der Waals surface area contributed by atoms with Gasteiger partial charge in [-0.25, -0.2) is 13.1 Å². The zero-order valence-corrected chi connectivity index (χ0v) is 15.4. The summed E-state index contributed by atoms with van der Waals surface area (Å²) in [6, 6.07) is 2.98. The third-order valence-electron chi connectivity index (χ3n) is 4.54. The van der Waals surface area contributed by atoms with Crippen LogP contribution in [0, 0.1) is 12.8 Å². The van der Waals surface area contributed by atoms with Gasteiger partial charge in [0.25, 0.3) is 11.5 Å². The highest BCUT2D eigenvalue weighted by molar-refractivity contribution is 7.88. The summed E-state index contributed by atoms with van der Waals surface area (Å²) in [4.78, 5) is 26.6. The summed E-state index contributed by atoms with van der Waals surface area (Å²) in [7, 11) is -1.72. The number of hydrogen-bond acceptors (Lipinski definition) is 4. The molecule has 1 N–H and O–H groups in total. The van der Waals surface area contributed by atoms with E-state index in [9.17, 15) is 18.0 Å². The summed E-state index contributed by atoms with van der Waals surface area (Å²) >= 11 is 0. The molecular weight excluding hydrogens is 330 g/mol. The van der Waals surface area contributed by atoms with Gasteiger partial charge in [-0.05, 0) is 31.4 Å². The van der Waals surface area contributed by atoms with Crippen molar-refractivity contribution in [3.63, 3.8) is 0 Å². The lowest BCUT2D eigenvalue weighted by Gasteiger charge is -2.17. The Morgan fingerprint density at radius 3 is 2.58 bits per heavy atom. The first-order valence-corrected chi connectivity index (χ1v) is 9.96. The molecule has 8 heteroatoms. The van der Waals surface area contributed by atoms with Crippen molar-refractivity contribution in [3.8, 4) is 0 Å². The van der Waals surface area contributed by atoms with Crippen molar-refractivity contribution in [2.45, 2.75) is 32.7 Å². The molecule has 24 heavy (non-hydrogen) atoms. The number of amides is 1. The number of aromatic nitrogens is 1. The molecule has 0 saturated carbocycles. The van der Waals surface area contributed by atoms with Crippen LogP contribution in [-0.4, -0.2) is 49.2 Å². The van der Waals surface area contributed by atoms with E-state index in [0.29, 0.717) is 6.54 Å². The predicted octanol–water partition coefficient (Wildman–Crippen LogP) is 0.484. The van der Waals surface area contributed by atoms with Gasteiger partial charge < -0.3 is 9.47 Å². The van der Waals surface area contributed by atoms with Crippen molar-refractivity contribution in [2.75, 3.05) is 19.3 Å². The van der Waals surface area contributed by atoms with Gasteiger partial charge in [-0.1, -0.05) is 13.3 Å². The molecule has 134 valence electrons. The highest BCUT2D eigenvalue weighted by Crippen LogP contribution is 2.23. The molecule has 2 heterocycles. The molecule has 1 saturated heterocycles. The Labute approximate surface area is 142 Å². The lowest BCUT2D eigenvalue weighted by molar-refractivity contribution is 0.0782. The van der Waals surface area contributed by atoms with Crippen LogP contribution in [0.2, 0.25) is 0 Å². The number of sulfonamides is 1. The number of carbonyl (C=O) groups is 1. The van der Waals surface area contributed by atoms with Gasteiger partial charge in [0.2, 0.25) is 10.0 Å². The zero-order valence-electron chi connectivity index (χ0n) is 14.6. The number of carbonyl (C=O) groups excluding carboxylic acids is 1. The molecule has 1 amide bonds. The van der Waals surface area contributed by atoms with E-state index in [2.05, 4.69) is 4.72 Å². The zero-order chi connectivity index (χ0) is 18.1. The molecule has 7 nitrogen and oxygen atoms in total. The Bertz CT molecular complexity index is 785. The molecule has 1 aliphatic rings. The highest BCUT2D eigenvalue weighted by atomic mass is 32.2. The third-order valence-corrected chi connectivity index (χ3v) is 5.27. The second kappa shape index (κ2) is 7.06. The summed E-state index contributed by atoms with van der Waals surface area (Å²) in [5, 5.41) is 0. The van der Waals surface area contributed by atoms with Crippen LogP contribution in [0.4, 0.5) is 0 Å². The van der Waals surface area contributed by atoms with Gasteiger partial charge in [-0.3, -0.25) is 9.59 Å². The second-order valence-electron chi connectivity index (χ2n) is 6.51. The van der Waals surface area contributed by atoms with Gasteiger partial charge in [-0.15, -0.1) is 0 Å². The van der Waals surface area contributed by atoms with E-state index in [4.69, 9.17) is 0 Å². The van der Waals surface area contributed by atoms with Gasteiger partial charge in [0.15, 0.2) is 0 Å². The fourth-order valence-electron chi connectivity index (χ4n) is 3.17. The first-order valence-electron chi connectivity index (χ1n) is 8.07. The standard InChI is InChI=1S/C16H25N3O4S/c1-5-6-12-9-19(10-14(12)17-24(4,22)23)16(21)13-8-7-11(2)18(3)15(13)20/h7-8,12,14,17H,5-6,9-10H2,1-4H3/t12-,14-/m0/s1. The van der Waals surface area contributed by atoms with Crippen molar-refractivity contribution < 1.29 is 13.2 Å². The molecule has 0 bridgehead atoms. The number of nitrogens with zero attached hydrogens (tertiary/aromatic N) is 2. The molecule has 0 spiro atoms. The molecule has 1 aromatic rings. The number of hydrogen-bond donors (Lipinski definition) is 1. The molecule has 0 aromatic carbocycles. The van der Waals surface area contributed by atoms with Crippen molar-refractivity contribution >= 4 is 15.9 Å². The molecule has 0 radical (unpaired) electrons. The average Bonchev–Trinajstić information content (AvgIpc) is 2.86. The maximum atomic E-state index is 12.7. The van der Waals surface area contributed by atoms with Gasteiger partial charge >= 0.3 is 0 Å². The smallest absolute Gasteiger partial charge is 0.263 e. The van der Waals surface area contributed by atoms with Crippen LogP contribution in [0.1, 0.15) is 35.8 Å². The average molecular weight is 355 g/mol. The lowest BCUT2D eigenvalue weighted by atomic mass is 9.99. The summed E-state index contributed by atoms with van der Waals surface area (Å²) in [5.41, 5.74) is 0.573. The Morgan fingerprint density at radius 1 is 1.33 bits per heavy atom. The van der Waals surface area contributed by atoms with Gasteiger partial charge in [0.1, 0.15) is 5.56 Å². The van der Waals surface area contributed by atoms with E-state index in [-0.39, 0.29) is 35.5 Å². The number of pyridine rings is 1. The van der Waals surface area contributed by atoms with Crippen LogP contribution in [0.15, 0.2) is 16.9 Å². The van der Waals surface area contributed by atoms with E-state index < -0.39 is 10.0 Å². The SMILES string of the molecule is CCC[C@H]1CN(C(=O)c2ccc(C)n(C)c2=O)C[C@@H]1NS(C)(=O)=O. The predicted molar refractivity (Wildman–Crippen MR) is 92.5 cm³/mol. The second-order valence-corrected chi connectivity index (χ2v) is 8.29. The summed E-state index contributed by atoms with van der Waals surface area (Å²) in [5.74, 6) is -0.280. The third kappa shape index (κ3) is 4.05. The molecular formula is C16H25N3O4S. The van der Waals surface area contributed by atoms with Crippen molar-refractivity contribution in [3.05, 3.63) is 33.7 Å². The fourth-order valence-corrected chi connectivity index (χ4v) is 3.99. The minimum Gasteiger partial charge on any atom is -0.337 e. The fraction of sp³-hybridized carbons (Fsp3) is 0.625. The van der Waals surface area contributed by atoms with Crippen molar-refractivity contribution in [2.24, 2.45) is 13.0 Å². The minimum absolute atomic E-state index is 0.0583. The molecule has 1 aliphatic heterocycles. The van der Waals surface area contributed by atoms with E-state index in [1.54, 1.807) is 31.0 Å². The molecule has 2 rings (SSSR count). The topological polar surface area (TPSA) is 88.5 Å². The normalized spacial score (nSPS) is 21.2. The first kappa shape index (κ1) is 18.7. The lowest BCUT2D eigenvalue weighted by Crippen LogP contribution is -2.41. The largest absolute Gasteiger partial charge is 0.337 e. The number of aryl methyl sites for hydroxylation is 1. The van der Waals surface area contributed by atoms with E-state index in [1.165, 1.54) is 4.57 Å². The molecule has 0 unspecified atom stereocenters. The Kier molecular flexibility index (Phi) is 5.49. The van der Waals surface area contributed by atoms with Crippen LogP contribution in [-0.2, 0) is 17.1 Å². The van der Waals surface area contributed by atoms with Gasteiger partial charge in [0.05, 0.1) is 6.26 Å². The number of likely N-dealkylation sites (tertiary alicyclic amines) is 1. The molecule has 0 aliphatic carbocycles. The minimum atomic E-state index is -3.35. The maximum Gasteiger partial charge on any atom is 0.263 e. The summed E-state index contributed by atoms with van der Waals surface area (Å²) in [6.45, 7) is 4.57. The van der Waals surface area contributed by atoms with E-state index in [1.807, 2.05) is 6.92 Å². The summed E-state index contributed by atoms with van der Waals surface area (Å²) in [6.07, 6.45) is 2.85. The van der Waals surface area contributed by atoms with Crippen LogP contribution in [0.5, 0.6) is 0 Å². The Morgan fingerprint density at radius 2 is 2.00 bits per heavy atom. The first-order chi connectivity index (χ1) is 11.1. The van der Waals surface area contributed by atoms with Crippen LogP contribution < -0.4 is 10.3 Å². The van der Waals surface area contributed by atoms with Crippen molar-refractivity contribution in [1.82, 2.24) is 14.2 Å². The van der Waals surface area contributed by atoms with Crippen LogP contribution in [0.3, 0.4) is 0 Å². The quantitative estimate of drug-likeness (QED) is 0.832. The van der Waals surface area contributed by atoms with Crippen LogP contribution in [0.25, 0.3) is 0 Å². The highest BCUT2D eigenvalue weighted by Gasteiger charge is 2.37. The van der Waals surface area contributed by atoms with Crippen LogP contribution >= 0.6 is 0 Å². The molecule has 1 fully saturated rings. The van der Waals surface area contributed by atoms with Crippen molar-refractivity contribution in [1.29, 1.82) is 0 Å². The molecule has 1 aromatic heterocycles.